The molecule has 2 aromatic carbocycles. The van der Waals surface area contributed by atoms with Crippen molar-refractivity contribution in [3.8, 4) is 0 Å². The number of nitrogens with one attached hydrogen (secondary N) is 2. The molecule has 3 rings (SSSR count). The Morgan fingerprint density at radius 3 is 2.62 bits per heavy atom. The first kappa shape index (κ1) is 16.4. The fourth-order valence-corrected chi connectivity index (χ4v) is 3.17. The Labute approximate surface area is 142 Å². The highest BCUT2D eigenvalue weighted by Gasteiger charge is 2.09. The number of urea groups is 1. The number of hydrogen-bond donors (Lipinski definition) is 2. The number of hydrogen-bond acceptors (Lipinski definition) is 1. The van der Waals surface area contributed by atoms with Crippen molar-refractivity contribution in [1.29, 1.82) is 0 Å². The summed E-state index contributed by atoms with van der Waals surface area (Å²) in [6, 6.07) is 14.3. The van der Waals surface area contributed by atoms with Crippen LogP contribution in [-0.4, -0.2) is 17.1 Å². The molecule has 0 unspecified atom stereocenters. The zero-order chi connectivity index (χ0) is 16.9. The van der Waals surface area contributed by atoms with E-state index < -0.39 is 0 Å². The number of aryl methyl sites for hydroxylation is 1. The number of para-hydroxylation sites is 1. The summed E-state index contributed by atoms with van der Waals surface area (Å²) in [5.41, 5.74) is 3.19. The van der Waals surface area contributed by atoms with E-state index in [-0.39, 0.29) is 6.03 Å². The maximum atomic E-state index is 12.0. The standard InChI is InChI=1S/C20H25N3O/c1-3-4-5-8-13-21-20(24)22-15-11-12-19-17(14-15)16-9-6-7-10-18(16)23(19)2/h6-7,9-12,14H,3-5,8,13H2,1-2H3,(H2,21,22,24). The van der Waals surface area contributed by atoms with Gasteiger partial charge in [-0.2, -0.15) is 0 Å². The van der Waals surface area contributed by atoms with E-state index >= 15 is 0 Å². The van der Waals surface area contributed by atoms with Crippen molar-refractivity contribution < 1.29 is 4.79 Å². The Balaban J connectivity index is 1.72. The highest BCUT2D eigenvalue weighted by Crippen LogP contribution is 2.29. The lowest BCUT2D eigenvalue weighted by atomic mass is 10.1. The topological polar surface area (TPSA) is 46.1 Å². The average molecular weight is 323 g/mol. The minimum Gasteiger partial charge on any atom is -0.344 e. The smallest absolute Gasteiger partial charge is 0.319 e. The van der Waals surface area contributed by atoms with Crippen LogP contribution < -0.4 is 10.6 Å². The van der Waals surface area contributed by atoms with Crippen LogP contribution in [0.2, 0.25) is 0 Å². The first-order chi connectivity index (χ1) is 11.7. The second kappa shape index (κ2) is 7.39. The van der Waals surface area contributed by atoms with E-state index in [9.17, 15) is 4.79 Å². The number of fused-ring (bicyclic) bond motifs is 3. The second-order valence-electron chi connectivity index (χ2n) is 6.25. The third-order valence-corrected chi connectivity index (χ3v) is 4.49. The van der Waals surface area contributed by atoms with E-state index in [0.29, 0.717) is 0 Å². The SMILES string of the molecule is CCCCCCNC(=O)Nc1ccc2c(c1)c1ccccc1n2C. The molecule has 0 spiro atoms. The molecule has 0 saturated carbocycles. The molecule has 0 saturated heterocycles. The van der Waals surface area contributed by atoms with Gasteiger partial charge in [0.1, 0.15) is 0 Å². The predicted molar refractivity (Wildman–Crippen MR) is 102 cm³/mol. The third-order valence-electron chi connectivity index (χ3n) is 4.49. The predicted octanol–water partition coefficient (Wildman–Crippen LogP) is 5.03. The molecule has 4 heteroatoms. The first-order valence-electron chi connectivity index (χ1n) is 8.72. The number of anilines is 1. The van der Waals surface area contributed by atoms with Gasteiger partial charge in [0.05, 0.1) is 0 Å². The van der Waals surface area contributed by atoms with Crippen molar-refractivity contribution in [2.24, 2.45) is 7.05 Å². The van der Waals surface area contributed by atoms with Crippen LogP contribution in [0.5, 0.6) is 0 Å². The van der Waals surface area contributed by atoms with Gasteiger partial charge < -0.3 is 15.2 Å². The molecule has 2 N–H and O–H groups in total. The Bertz CT molecular complexity index is 851. The molecular formula is C20H25N3O. The summed E-state index contributed by atoms with van der Waals surface area (Å²) in [6.07, 6.45) is 4.63. The average Bonchev–Trinajstić information content (AvgIpc) is 2.88. The maximum Gasteiger partial charge on any atom is 0.319 e. The Morgan fingerprint density at radius 2 is 1.79 bits per heavy atom. The summed E-state index contributed by atoms with van der Waals surface area (Å²) in [6.45, 7) is 2.91. The number of rotatable bonds is 6. The van der Waals surface area contributed by atoms with Gasteiger partial charge in [-0.1, -0.05) is 44.4 Å². The minimum atomic E-state index is -0.133. The monoisotopic (exact) mass is 323 g/mol. The zero-order valence-corrected chi connectivity index (χ0v) is 14.4. The van der Waals surface area contributed by atoms with Crippen LogP contribution in [0, 0.1) is 0 Å². The van der Waals surface area contributed by atoms with Crippen LogP contribution in [0.1, 0.15) is 32.6 Å². The molecule has 24 heavy (non-hydrogen) atoms. The van der Waals surface area contributed by atoms with Gasteiger partial charge in [-0.15, -0.1) is 0 Å². The molecule has 0 bridgehead atoms. The lowest BCUT2D eigenvalue weighted by Crippen LogP contribution is -2.29. The van der Waals surface area contributed by atoms with Gasteiger partial charge in [0.25, 0.3) is 0 Å². The number of aromatic nitrogens is 1. The highest BCUT2D eigenvalue weighted by atomic mass is 16.2. The number of carbonyl (C=O) groups is 1. The number of amides is 2. The van der Waals surface area contributed by atoms with Crippen LogP contribution in [-0.2, 0) is 7.05 Å². The van der Waals surface area contributed by atoms with Gasteiger partial charge in [-0.25, -0.2) is 4.79 Å². The van der Waals surface area contributed by atoms with E-state index in [1.807, 2.05) is 24.3 Å². The molecule has 4 nitrogen and oxygen atoms in total. The third kappa shape index (κ3) is 3.37. The van der Waals surface area contributed by atoms with Crippen LogP contribution >= 0.6 is 0 Å². The number of unbranched alkanes of at least 4 members (excludes halogenated alkanes) is 3. The van der Waals surface area contributed by atoms with Crippen LogP contribution in [0.4, 0.5) is 10.5 Å². The van der Waals surface area contributed by atoms with Crippen molar-refractivity contribution >= 4 is 33.5 Å². The van der Waals surface area contributed by atoms with E-state index in [2.05, 4.69) is 47.4 Å². The summed E-state index contributed by atoms with van der Waals surface area (Å²) in [5.74, 6) is 0. The minimum absolute atomic E-state index is 0.133. The Kier molecular flexibility index (Phi) is 5.04. The van der Waals surface area contributed by atoms with Crippen LogP contribution in [0.25, 0.3) is 21.8 Å². The molecule has 3 aromatic rings. The van der Waals surface area contributed by atoms with Crippen molar-refractivity contribution in [2.45, 2.75) is 32.6 Å². The molecule has 1 heterocycles. The van der Waals surface area contributed by atoms with Crippen LogP contribution in [0.3, 0.4) is 0 Å². The Hall–Kier alpha value is -2.49. The van der Waals surface area contributed by atoms with E-state index in [0.717, 1.165) is 24.0 Å². The quantitative estimate of drug-likeness (QED) is 0.614. The van der Waals surface area contributed by atoms with Gasteiger partial charge in [0, 0.05) is 41.1 Å². The lowest BCUT2D eigenvalue weighted by Gasteiger charge is -2.08. The number of benzene rings is 2. The number of carbonyl (C=O) groups excluding carboxylic acids is 1. The highest BCUT2D eigenvalue weighted by molar-refractivity contribution is 6.09. The zero-order valence-electron chi connectivity index (χ0n) is 14.4. The van der Waals surface area contributed by atoms with Crippen molar-refractivity contribution in [3.63, 3.8) is 0 Å². The van der Waals surface area contributed by atoms with E-state index in [1.165, 1.54) is 35.7 Å². The summed E-state index contributed by atoms with van der Waals surface area (Å²) < 4.78 is 2.18. The fraction of sp³-hybridized carbons (Fsp3) is 0.350. The summed E-state index contributed by atoms with van der Waals surface area (Å²) >= 11 is 0. The first-order valence-corrected chi connectivity index (χ1v) is 8.72. The Morgan fingerprint density at radius 1 is 1.00 bits per heavy atom. The van der Waals surface area contributed by atoms with Crippen molar-refractivity contribution in [1.82, 2.24) is 9.88 Å². The molecule has 0 aliphatic rings. The molecule has 1 aromatic heterocycles. The van der Waals surface area contributed by atoms with E-state index in [4.69, 9.17) is 0 Å². The molecule has 0 atom stereocenters. The van der Waals surface area contributed by atoms with Gasteiger partial charge in [0.2, 0.25) is 0 Å². The lowest BCUT2D eigenvalue weighted by molar-refractivity contribution is 0.252. The summed E-state index contributed by atoms with van der Waals surface area (Å²) in [4.78, 5) is 12.0. The molecule has 0 fully saturated rings. The molecule has 0 aliphatic heterocycles. The molecule has 0 radical (unpaired) electrons. The maximum absolute atomic E-state index is 12.0. The number of nitrogens with zero attached hydrogens (tertiary/aromatic N) is 1. The van der Waals surface area contributed by atoms with Gasteiger partial charge in [-0.3, -0.25) is 0 Å². The van der Waals surface area contributed by atoms with Gasteiger partial charge in [0.15, 0.2) is 0 Å². The van der Waals surface area contributed by atoms with Crippen molar-refractivity contribution in [3.05, 3.63) is 42.5 Å². The summed E-state index contributed by atoms with van der Waals surface area (Å²) in [5, 5.41) is 8.23. The van der Waals surface area contributed by atoms with Crippen molar-refractivity contribution in [2.75, 3.05) is 11.9 Å². The molecule has 126 valence electrons. The van der Waals surface area contributed by atoms with Gasteiger partial charge >= 0.3 is 6.03 Å². The van der Waals surface area contributed by atoms with Crippen LogP contribution in [0.15, 0.2) is 42.5 Å². The van der Waals surface area contributed by atoms with Gasteiger partial charge in [-0.05, 0) is 30.7 Å². The molecule has 0 aliphatic carbocycles. The fourth-order valence-electron chi connectivity index (χ4n) is 3.17. The molecule has 2 amide bonds. The summed E-state index contributed by atoms with van der Waals surface area (Å²) in [7, 11) is 2.07. The normalized spacial score (nSPS) is 11.1. The van der Waals surface area contributed by atoms with E-state index in [1.54, 1.807) is 0 Å². The second-order valence-corrected chi connectivity index (χ2v) is 6.25. The largest absolute Gasteiger partial charge is 0.344 e. The molecular weight excluding hydrogens is 298 g/mol.